The number of carbonyl (C=O) groups excluding carboxylic acids is 1. The van der Waals surface area contributed by atoms with E-state index in [4.69, 9.17) is 18.9 Å². The van der Waals surface area contributed by atoms with Crippen LogP contribution in [0.5, 0.6) is 0 Å². The van der Waals surface area contributed by atoms with Gasteiger partial charge in [-0.05, 0) is 27.7 Å². The third-order valence-corrected chi connectivity index (χ3v) is 3.52. The molecule has 0 radical (unpaired) electrons. The number of amides is 2. The van der Waals surface area contributed by atoms with Gasteiger partial charge in [-0.25, -0.2) is 4.79 Å². The fraction of sp³-hybridized carbons (Fsp3) is 0.933. The highest BCUT2D eigenvalue weighted by Gasteiger charge is 2.42. The van der Waals surface area contributed by atoms with Crippen molar-refractivity contribution in [3.63, 3.8) is 0 Å². The zero-order valence-corrected chi connectivity index (χ0v) is 14.9. The highest BCUT2D eigenvalue weighted by atomic mass is 16.7. The van der Waals surface area contributed by atoms with Crippen molar-refractivity contribution in [2.24, 2.45) is 0 Å². The lowest BCUT2D eigenvalue weighted by Crippen LogP contribution is -2.51. The average molecular weight is 350 g/mol. The molecule has 24 heavy (non-hydrogen) atoms. The third kappa shape index (κ3) is 5.27. The summed E-state index contributed by atoms with van der Waals surface area (Å²) in [6.45, 7) is 8.92. The SMILES string of the molecule is CCOC(OCC)C(O)N1CCN(C(O)C(OCC)OCC)C1=O. The van der Waals surface area contributed by atoms with E-state index in [1.807, 2.05) is 0 Å². The maximum Gasteiger partial charge on any atom is 0.324 e. The lowest BCUT2D eigenvalue weighted by molar-refractivity contribution is -0.222. The number of rotatable bonds is 12. The Hall–Kier alpha value is -0.970. The number of aliphatic hydroxyl groups is 2. The van der Waals surface area contributed by atoms with Gasteiger partial charge >= 0.3 is 6.03 Å². The maximum atomic E-state index is 12.5. The molecular formula is C15H30N2O7. The van der Waals surface area contributed by atoms with Crippen LogP contribution in [0.3, 0.4) is 0 Å². The minimum atomic E-state index is -1.26. The minimum absolute atomic E-state index is 0.235. The van der Waals surface area contributed by atoms with Gasteiger partial charge in [0.2, 0.25) is 12.6 Å². The molecule has 0 spiro atoms. The molecule has 1 heterocycles. The van der Waals surface area contributed by atoms with E-state index in [1.165, 1.54) is 9.80 Å². The largest absolute Gasteiger partial charge is 0.369 e. The number of hydrogen-bond donors (Lipinski definition) is 2. The summed E-state index contributed by atoms with van der Waals surface area (Å²) in [7, 11) is 0. The normalized spacial score (nSPS) is 18.1. The van der Waals surface area contributed by atoms with Crippen LogP contribution in [0.25, 0.3) is 0 Å². The van der Waals surface area contributed by atoms with Crippen molar-refractivity contribution >= 4 is 6.03 Å². The molecule has 2 atom stereocenters. The van der Waals surface area contributed by atoms with Crippen LogP contribution in [0.2, 0.25) is 0 Å². The van der Waals surface area contributed by atoms with Crippen molar-refractivity contribution in [2.45, 2.75) is 52.7 Å². The molecule has 1 aliphatic heterocycles. The number of hydrogen-bond acceptors (Lipinski definition) is 7. The Labute approximate surface area is 143 Å². The number of ether oxygens (including phenoxy) is 4. The van der Waals surface area contributed by atoms with E-state index in [0.717, 1.165) is 0 Å². The fourth-order valence-electron chi connectivity index (χ4n) is 2.45. The molecule has 2 amide bonds. The molecule has 0 aromatic heterocycles. The van der Waals surface area contributed by atoms with E-state index in [2.05, 4.69) is 0 Å². The summed E-state index contributed by atoms with van der Waals surface area (Å²) in [5, 5.41) is 20.7. The van der Waals surface area contributed by atoms with Gasteiger partial charge in [0, 0.05) is 39.5 Å². The number of nitrogens with zero attached hydrogens (tertiary/aromatic N) is 2. The lowest BCUT2D eigenvalue weighted by Gasteiger charge is -2.32. The first-order valence-corrected chi connectivity index (χ1v) is 8.41. The molecule has 1 saturated heterocycles. The fourth-order valence-corrected chi connectivity index (χ4v) is 2.45. The zero-order chi connectivity index (χ0) is 18.1. The van der Waals surface area contributed by atoms with Gasteiger partial charge in [0.25, 0.3) is 0 Å². The Kier molecular flexibility index (Phi) is 9.49. The summed E-state index contributed by atoms with van der Waals surface area (Å²) in [5.41, 5.74) is 0. The summed E-state index contributed by atoms with van der Waals surface area (Å²) in [6, 6.07) is -0.524. The molecule has 9 heteroatoms. The Balaban J connectivity index is 2.74. The first-order valence-electron chi connectivity index (χ1n) is 8.41. The van der Waals surface area contributed by atoms with Crippen LogP contribution in [0, 0.1) is 0 Å². The molecule has 1 aliphatic rings. The van der Waals surface area contributed by atoms with E-state index in [-0.39, 0.29) is 13.1 Å². The van der Waals surface area contributed by atoms with Crippen molar-refractivity contribution in [3.05, 3.63) is 0 Å². The Morgan fingerprint density at radius 3 is 1.33 bits per heavy atom. The Morgan fingerprint density at radius 1 is 0.792 bits per heavy atom. The number of urea groups is 1. The average Bonchev–Trinajstić information content (AvgIpc) is 2.94. The zero-order valence-electron chi connectivity index (χ0n) is 14.9. The van der Waals surface area contributed by atoms with Crippen molar-refractivity contribution < 1.29 is 34.0 Å². The van der Waals surface area contributed by atoms with Crippen LogP contribution in [0.15, 0.2) is 0 Å². The Bertz CT molecular complexity index is 328. The highest BCUT2D eigenvalue weighted by molar-refractivity contribution is 5.77. The van der Waals surface area contributed by atoms with Crippen LogP contribution < -0.4 is 0 Å². The predicted octanol–water partition coefficient (Wildman–Crippen LogP) is 0.159. The summed E-state index contributed by atoms with van der Waals surface area (Å²) < 4.78 is 21.3. The van der Waals surface area contributed by atoms with E-state index in [0.29, 0.717) is 26.4 Å². The van der Waals surface area contributed by atoms with Gasteiger partial charge in [0.05, 0.1) is 0 Å². The van der Waals surface area contributed by atoms with Crippen LogP contribution in [-0.4, -0.2) is 90.6 Å². The van der Waals surface area contributed by atoms with Gasteiger partial charge in [-0.3, -0.25) is 9.80 Å². The second kappa shape index (κ2) is 10.8. The van der Waals surface area contributed by atoms with E-state index >= 15 is 0 Å². The Morgan fingerprint density at radius 2 is 1.08 bits per heavy atom. The molecule has 1 fully saturated rings. The summed E-state index contributed by atoms with van der Waals surface area (Å²) in [4.78, 5) is 14.9. The first-order chi connectivity index (χ1) is 11.5. The molecule has 1 rings (SSSR count). The molecule has 0 aromatic rings. The second-order valence-electron chi connectivity index (χ2n) is 5.05. The molecular weight excluding hydrogens is 320 g/mol. The summed E-state index contributed by atoms with van der Waals surface area (Å²) in [5.74, 6) is 0. The van der Waals surface area contributed by atoms with Crippen LogP contribution in [0.1, 0.15) is 27.7 Å². The molecule has 142 valence electrons. The van der Waals surface area contributed by atoms with Gasteiger partial charge in [0.15, 0.2) is 12.5 Å². The molecule has 0 aromatic carbocycles. The minimum Gasteiger partial charge on any atom is -0.369 e. The summed E-state index contributed by atoms with van der Waals surface area (Å²) in [6.07, 6.45) is -4.38. The number of carbonyl (C=O) groups is 1. The molecule has 2 N–H and O–H groups in total. The van der Waals surface area contributed by atoms with Crippen LogP contribution in [-0.2, 0) is 18.9 Å². The van der Waals surface area contributed by atoms with Gasteiger partial charge in [-0.2, -0.15) is 0 Å². The standard InChI is InChI=1S/C15H30N2O7/c1-5-21-13(22-6-2)11(18)16-9-10-17(15(16)20)12(19)14(23-7-3)24-8-4/h11-14,18-19H,5-10H2,1-4H3. The van der Waals surface area contributed by atoms with Crippen molar-refractivity contribution in [3.8, 4) is 0 Å². The second-order valence-corrected chi connectivity index (χ2v) is 5.05. The highest BCUT2D eigenvalue weighted by Crippen LogP contribution is 2.20. The first kappa shape index (κ1) is 21.1. The van der Waals surface area contributed by atoms with Gasteiger partial charge < -0.3 is 29.2 Å². The summed E-state index contributed by atoms with van der Waals surface area (Å²) >= 11 is 0. The van der Waals surface area contributed by atoms with Crippen LogP contribution in [0.4, 0.5) is 4.79 Å². The van der Waals surface area contributed by atoms with Crippen molar-refractivity contribution in [1.82, 2.24) is 9.80 Å². The third-order valence-electron chi connectivity index (χ3n) is 3.52. The van der Waals surface area contributed by atoms with E-state index < -0.39 is 31.1 Å². The topological polar surface area (TPSA) is 101 Å². The molecule has 0 aliphatic carbocycles. The maximum absolute atomic E-state index is 12.5. The van der Waals surface area contributed by atoms with E-state index in [9.17, 15) is 15.0 Å². The molecule has 0 bridgehead atoms. The van der Waals surface area contributed by atoms with Crippen molar-refractivity contribution in [2.75, 3.05) is 39.5 Å². The van der Waals surface area contributed by atoms with Crippen molar-refractivity contribution in [1.29, 1.82) is 0 Å². The molecule has 9 nitrogen and oxygen atoms in total. The van der Waals surface area contributed by atoms with Gasteiger partial charge in [0.1, 0.15) is 0 Å². The molecule has 0 saturated carbocycles. The smallest absolute Gasteiger partial charge is 0.324 e. The van der Waals surface area contributed by atoms with Gasteiger partial charge in [-0.1, -0.05) is 0 Å². The molecule has 2 unspecified atom stereocenters. The van der Waals surface area contributed by atoms with Crippen LogP contribution >= 0.6 is 0 Å². The quantitative estimate of drug-likeness (QED) is 0.484. The monoisotopic (exact) mass is 350 g/mol. The lowest BCUT2D eigenvalue weighted by atomic mass is 10.4. The predicted molar refractivity (Wildman–Crippen MR) is 84.9 cm³/mol. The van der Waals surface area contributed by atoms with Gasteiger partial charge in [-0.15, -0.1) is 0 Å². The number of aliphatic hydroxyl groups excluding tert-OH is 2. The van der Waals surface area contributed by atoms with E-state index in [1.54, 1.807) is 27.7 Å².